The monoisotopic (exact) mass is 367 g/mol. The molecule has 0 aliphatic carbocycles. The first kappa shape index (κ1) is 18.1. The standard InChI is InChI=1S/C21H21NO3S/c1-16-6-5-9-19(14-16)26(24)15-18-10-11-20(25-18)21(23)22-13-12-17-7-3-2-4-8-17/h2-11,14H,12-13,15H2,1H3,(H,22,23)/t26-/m1/s1. The van der Waals surface area contributed by atoms with Gasteiger partial charge in [0.25, 0.3) is 5.91 Å². The minimum absolute atomic E-state index is 0.245. The number of carbonyl (C=O) groups excluding carboxylic acids is 1. The van der Waals surface area contributed by atoms with Crippen LogP contribution in [0.25, 0.3) is 0 Å². The summed E-state index contributed by atoms with van der Waals surface area (Å²) in [7, 11) is -1.20. The molecule has 0 bridgehead atoms. The molecule has 2 aromatic carbocycles. The fourth-order valence-corrected chi connectivity index (χ4v) is 3.73. The maximum absolute atomic E-state index is 12.4. The van der Waals surface area contributed by atoms with Crippen LogP contribution in [0.3, 0.4) is 0 Å². The summed E-state index contributed by atoms with van der Waals surface area (Å²) in [4.78, 5) is 12.9. The van der Waals surface area contributed by atoms with Crippen LogP contribution in [0.5, 0.6) is 0 Å². The lowest BCUT2D eigenvalue weighted by molar-refractivity contribution is 0.0925. The number of benzene rings is 2. The Bertz CT molecular complexity index is 902. The third kappa shape index (κ3) is 4.92. The van der Waals surface area contributed by atoms with E-state index in [1.165, 1.54) is 5.56 Å². The van der Waals surface area contributed by atoms with Gasteiger partial charge in [-0.2, -0.15) is 0 Å². The second kappa shape index (κ2) is 8.63. The molecule has 1 amide bonds. The van der Waals surface area contributed by atoms with Gasteiger partial charge < -0.3 is 9.73 Å². The highest BCUT2D eigenvalue weighted by molar-refractivity contribution is 7.84. The van der Waals surface area contributed by atoms with Crippen molar-refractivity contribution in [2.45, 2.75) is 24.0 Å². The van der Waals surface area contributed by atoms with Gasteiger partial charge in [0.2, 0.25) is 0 Å². The first-order valence-electron chi connectivity index (χ1n) is 8.48. The van der Waals surface area contributed by atoms with Crippen molar-refractivity contribution < 1.29 is 13.4 Å². The van der Waals surface area contributed by atoms with Crippen LogP contribution in [-0.2, 0) is 23.0 Å². The molecule has 134 valence electrons. The van der Waals surface area contributed by atoms with Gasteiger partial charge in [0, 0.05) is 11.4 Å². The topological polar surface area (TPSA) is 59.3 Å². The van der Waals surface area contributed by atoms with Gasteiger partial charge in [-0.3, -0.25) is 9.00 Å². The highest BCUT2D eigenvalue weighted by atomic mass is 32.2. The van der Waals surface area contributed by atoms with Gasteiger partial charge >= 0.3 is 0 Å². The molecule has 0 aliphatic rings. The van der Waals surface area contributed by atoms with E-state index in [1.54, 1.807) is 12.1 Å². The number of furan rings is 1. The average molecular weight is 367 g/mol. The summed E-state index contributed by atoms with van der Waals surface area (Å²) < 4.78 is 18.0. The Morgan fingerprint density at radius 2 is 1.85 bits per heavy atom. The summed E-state index contributed by atoms with van der Waals surface area (Å²) in [6, 6.07) is 20.9. The SMILES string of the molecule is Cc1cccc([S@](=O)Cc2ccc(C(=O)NCCc3ccccc3)o2)c1. The van der Waals surface area contributed by atoms with Gasteiger partial charge in [-0.25, -0.2) is 0 Å². The van der Waals surface area contributed by atoms with E-state index in [4.69, 9.17) is 4.42 Å². The normalized spacial score (nSPS) is 11.9. The van der Waals surface area contributed by atoms with Crippen molar-refractivity contribution in [2.24, 2.45) is 0 Å². The molecule has 1 N–H and O–H groups in total. The van der Waals surface area contributed by atoms with Crippen LogP contribution in [0.4, 0.5) is 0 Å². The predicted octanol–water partition coefficient (Wildman–Crippen LogP) is 3.87. The number of nitrogens with one attached hydrogen (secondary N) is 1. The van der Waals surface area contributed by atoms with Crippen LogP contribution >= 0.6 is 0 Å². The van der Waals surface area contributed by atoms with Crippen molar-refractivity contribution in [2.75, 3.05) is 6.54 Å². The van der Waals surface area contributed by atoms with Crippen molar-refractivity contribution in [3.05, 3.63) is 89.4 Å². The van der Waals surface area contributed by atoms with Crippen molar-refractivity contribution in [1.29, 1.82) is 0 Å². The third-order valence-corrected chi connectivity index (χ3v) is 5.28. The van der Waals surface area contributed by atoms with Crippen molar-refractivity contribution in [1.82, 2.24) is 5.32 Å². The third-order valence-electron chi connectivity index (χ3n) is 3.95. The van der Waals surface area contributed by atoms with Crippen LogP contribution in [0.15, 0.2) is 76.0 Å². The fourth-order valence-electron chi connectivity index (χ4n) is 2.60. The smallest absolute Gasteiger partial charge is 0.287 e. The van der Waals surface area contributed by atoms with E-state index in [0.29, 0.717) is 12.3 Å². The van der Waals surface area contributed by atoms with Crippen molar-refractivity contribution in [3.8, 4) is 0 Å². The zero-order valence-corrected chi connectivity index (χ0v) is 15.4. The maximum atomic E-state index is 12.4. The van der Waals surface area contributed by atoms with E-state index in [9.17, 15) is 9.00 Å². The van der Waals surface area contributed by atoms with Crippen molar-refractivity contribution in [3.63, 3.8) is 0 Å². The van der Waals surface area contributed by atoms with E-state index in [-0.39, 0.29) is 17.4 Å². The molecule has 5 heteroatoms. The zero-order chi connectivity index (χ0) is 18.4. The van der Waals surface area contributed by atoms with E-state index in [0.717, 1.165) is 16.9 Å². The predicted molar refractivity (Wildman–Crippen MR) is 102 cm³/mol. The summed E-state index contributed by atoms with van der Waals surface area (Å²) in [6.07, 6.45) is 0.761. The maximum Gasteiger partial charge on any atom is 0.287 e. The Labute approximate surface area is 155 Å². The molecule has 0 aliphatic heterocycles. The second-order valence-corrected chi connectivity index (χ2v) is 7.51. The van der Waals surface area contributed by atoms with E-state index in [2.05, 4.69) is 5.32 Å². The van der Waals surface area contributed by atoms with Gasteiger partial charge in [-0.1, -0.05) is 42.5 Å². The number of aryl methyl sites for hydroxylation is 1. The average Bonchev–Trinajstić information content (AvgIpc) is 3.11. The Morgan fingerprint density at radius 3 is 2.62 bits per heavy atom. The van der Waals surface area contributed by atoms with Gasteiger partial charge in [-0.15, -0.1) is 0 Å². The molecule has 1 aromatic heterocycles. The summed E-state index contributed by atoms with van der Waals surface area (Å²) in [6.45, 7) is 2.50. The Kier molecular flexibility index (Phi) is 6.02. The van der Waals surface area contributed by atoms with Crippen LogP contribution in [0.2, 0.25) is 0 Å². The first-order valence-corrected chi connectivity index (χ1v) is 9.79. The minimum Gasteiger partial charge on any atom is -0.455 e. The Hall–Kier alpha value is -2.66. The Morgan fingerprint density at radius 1 is 1.04 bits per heavy atom. The molecule has 0 saturated heterocycles. The molecule has 3 rings (SSSR count). The Balaban J connectivity index is 1.53. The minimum atomic E-state index is -1.20. The highest BCUT2D eigenvalue weighted by Gasteiger charge is 2.13. The van der Waals surface area contributed by atoms with Crippen LogP contribution < -0.4 is 5.32 Å². The lowest BCUT2D eigenvalue weighted by Crippen LogP contribution is -2.25. The van der Waals surface area contributed by atoms with Gasteiger partial charge in [0.1, 0.15) is 5.76 Å². The van der Waals surface area contributed by atoms with E-state index in [1.807, 2.05) is 61.5 Å². The molecule has 3 aromatic rings. The van der Waals surface area contributed by atoms with Crippen LogP contribution in [0.1, 0.15) is 27.4 Å². The molecule has 26 heavy (non-hydrogen) atoms. The number of hydrogen-bond donors (Lipinski definition) is 1. The molecule has 0 unspecified atom stereocenters. The first-order chi connectivity index (χ1) is 12.6. The summed E-state index contributed by atoms with van der Waals surface area (Å²) in [5.41, 5.74) is 2.23. The lowest BCUT2D eigenvalue weighted by Gasteiger charge is -2.04. The molecule has 0 spiro atoms. The van der Waals surface area contributed by atoms with Crippen LogP contribution in [0, 0.1) is 6.92 Å². The van der Waals surface area contributed by atoms with E-state index >= 15 is 0 Å². The quantitative estimate of drug-likeness (QED) is 0.690. The molecule has 1 heterocycles. The second-order valence-electron chi connectivity index (χ2n) is 6.06. The fraction of sp³-hybridized carbons (Fsp3) is 0.190. The highest BCUT2D eigenvalue weighted by Crippen LogP contribution is 2.16. The summed E-state index contributed by atoms with van der Waals surface area (Å²) >= 11 is 0. The molecular formula is C21H21NO3S. The van der Waals surface area contributed by atoms with Gasteiger partial charge in [0.15, 0.2) is 5.76 Å². The summed E-state index contributed by atoms with van der Waals surface area (Å²) in [5.74, 6) is 0.779. The number of rotatable bonds is 7. The molecule has 1 atom stereocenters. The van der Waals surface area contributed by atoms with Crippen LogP contribution in [-0.4, -0.2) is 16.7 Å². The lowest BCUT2D eigenvalue weighted by atomic mass is 10.1. The molecular weight excluding hydrogens is 346 g/mol. The molecule has 0 radical (unpaired) electrons. The van der Waals surface area contributed by atoms with E-state index < -0.39 is 10.8 Å². The molecule has 4 nitrogen and oxygen atoms in total. The van der Waals surface area contributed by atoms with Gasteiger partial charge in [-0.05, 0) is 48.7 Å². The number of amides is 1. The van der Waals surface area contributed by atoms with Gasteiger partial charge in [0.05, 0.1) is 16.6 Å². The number of carbonyl (C=O) groups is 1. The molecule has 0 fully saturated rings. The molecule has 0 saturated carbocycles. The van der Waals surface area contributed by atoms with Crippen molar-refractivity contribution >= 4 is 16.7 Å². The largest absolute Gasteiger partial charge is 0.455 e. The summed E-state index contributed by atoms with van der Waals surface area (Å²) in [5, 5.41) is 2.84. The zero-order valence-electron chi connectivity index (χ0n) is 14.6. The number of hydrogen-bond acceptors (Lipinski definition) is 3.